The highest BCUT2D eigenvalue weighted by Crippen LogP contribution is 2.30. The van der Waals surface area contributed by atoms with Gasteiger partial charge in [-0.1, -0.05) is 0 Å². The van der Waals surface area contributed by atoms with Crippen molar-refractivity contribution >= 4 is 16.0 Å². The van der Waals surface area contributed by atoms with Crippen LogP contribution in [0.4, 0.5) is 4.39 Å². The molecule has 2 rings (SSSR count). The smallest absolute Gasteiger partial charge is 0.341 e. The Hall–Kier alpha value is -1.71. The van der Waals surface area contributed by atoms with E-state index >= 15 is 0 Å². The molecule has 1 N–H and O–H groups in total. The highest BCUT2D eigenvalue weighted by molar-refractivity contribution is 7.89. The topological polar surface area (TPSA) is 93.1 Å². The van der Waals surface area contributed by atoms with E-state index in [9.17, 15) is 17.6 Å². The van der Waals surface area contributed by atoms with Crippen molar-refractivity contribution in [3.63, 3.8) is 0 Å². The summed E-state index contributed by atoms with van der Waals surface area (Å²) in [5, 5.41) is 8.50. The number of sulfonamides is 1. The van der Waals surface area contributed by atoms with Crippen LogP contribution in [-0.4, -0.2) is 56.2 Å². The molecular weight excluding hydrogens is 329 g/mol. The van der Waals surface area contributed by atoms with Gasteiger partial charge in [-0.25, -0.2) is 17.6 Å². The Morgan fingerprint density at radius 3 is 2.70 bits per heavy atom. The summed E-state index contributed by atoms with van der Waals surface area (Å²) in [5.74, 6) is -2.49. The number of carbonyl (C=O) groups is 1. The van der Waals surface area contributed by atoms with E-state index in [1.165, 1.54) is 17.5 Å². The molecule has 1 heterocycles. The van der Waals surface area contributed by atoms with Crippen molar-refractivity contribution in [1.29, 1.82) is 0 Å². The van der Waals surface area contributed by atoms with Crippen LogP contribution in [0.2, 0.25) is 0 Å². The summed E-state index contributed by atoms with van der Waals surface area (Å²) in [5.41, 5.74) is -0.559. The summed E-state index contributed by atoms with van der Waals surface area (Å²) < 4.78 is 50.3. The Balaban J connectivity index is 2.21. The third-order valence-electron chi connectivity index (χ3n) is 3.79. The molecule has 0 amide bonds. The van der Waals surface area contributed by atoms with Crippen molar-refractivity contribution in [1.82, 2.24) is 4.31 Å². The summed E-state index contributed by atoms with van der Waals surface area (Å²) in [7, 11) is -2.33. The maximum atomic E-state index is 13.9. The van der Waals surface area contributed by atoms with E-state index < -0.39 is 34.0 Å². The first kappa shape index (κ1) is 17.6. The molecule has 0 bridgehead atoms. The molecule has 0 saturated carbocycles. The largest absolute Gasteiger partial charge is 0.479 e. The first-order chi connectivity index (χ1) is 10.7. The van der Waals surface area contributed by atoms with Crippen molar-refractivity contribution in [3.8, 4) is 5.75 Å². The van der Waals surface area contributed by atoms with E-state index in [0.29, 0.717) is 6.42 Å². The second-order valence-electron chi connectivity index (χ2n) is 5.52. The summed E-state index contributed by atoms with van der Waals surface area (Å²) in [4.78, 5) is 10.2. The predicted octanol–water partition coefficient (Wildman–Crippen LogP) is 1.09. The van der Waals surface area contributed by atoms with E-state index in [4.69, 9.17) is 14.6 Å². The first-order valence-corrected chi connectivity index (χ1v) is 8.31. The van der Waals surface area contributed by atoms with Gasteiger partial charge in [0.15, 0.2) is 18.2 Å². The Morgan fingerprint density at radius 2 is 2.17 bits per heavy atom. The van der Waals surface area contributed by atoms with Gasteiger partial charge in [0.1, 0.15) is 0 Å². The average molecular weight is 347 g/mol. The van der Waals surface area contributed by atoms with E-state index in [-0.39, 0.29) is 23.7 Å². The van der Waals surface area contributed by atoms with Gasteiger partial charge in [0.25, 0.3) is 0 Å². The molecule has 1 aromatic rings. The number of hydrogen-bond acceptors (Lipinski definition) is 5. The van der Waals surface area contributed by atoms with Crippen molar-refractivity contribution in [2.24, 2.45) is 0 Å². The Bertz CT molecular complexity index is 707. The molecule has 1 aliphatic rings. The molecule has 1 fully saturated rings. The van der Waals surface area contributed by atoms with Gasteiger partial charge >= 0.3 is 5.97 Å². The molecule has 23 heavy (non-hydrogen) atoms. The molecule has 128 valence electrons. The van der Waals surface area contributed by atoms with Gasteiger partial charge in [0.2, 0.25) is 10.0 Å². The molecule has 0 spiro atoms. The van der Waals surface area contributed by atoms with E-state index in [1.807, 2.05) is 6.92 Å². The summed E-state index contributed by atoms with van der Waals surface area (Å²) in [6, 6.07) is 3.13. The number of ether oxygens (including phenoxy) is 2. The summed E-state index contributed by atoms with van der Waals surface area (Å²) >= 11 is 0. The summed E-state index contributed by atoms with van der Waals surface area (Å²) in [6.45, 7) is 1.57. The number of carboxylic acid groups (broad SMARTS) is 1. The molecule has 0 aliphatic carbocycles. The van der Waals surface area contributed by atoms with Crippen LogP contribution in [-0.2, 0) is 19.6 Å². The fourth-order valence-electron chi connectivity index (χ4n) is 2.31. The number of benzene rings is 1. The van der Waals surface area contributed by atoms with Crippen LogP contribution in [0.15, 0.2) is 23.1 Å². The van der Waals surface area contributed by atoms with Crippen LogP contribution in [0, 0.1) is 5.82 Å². The maximum Gasteiger partial charge on any atom is 0.341 e. The van der Waals surface area contributed by atoms with Gasteiger partial charge in [-0.2, -0.15) is 4.31 Å². The zero-order valence-electron chi connectivity index (χ0n) is 12.8. The minimum Gasteiger partial charge on any atom is -0.479 e. The molecule has 1 aromatic carbocycles. The lowest BCUT2D eigenvalue weighted by molar-refractivity contribution is -0.139. The second kappa shape index (κ2) is 6.42. The van der Waals surface area contributed by atoms with Gasteiger partial charge in [-0.05, 0) is 31.5 Å². The lowest BCUT2D eigenvalue weighted by Crippen LogP contribution is -2.35. The maximum absolute atomic E-state index is 13.9. The highest BCUT2D eigenvalue weighted by atomic mass is 32.2. The highest BCUT2D eigenvalue weighted by Gasteiger charge is 2.40. The molecule has 0 aromatic heterocycles. The monoisotopic (exact) mass is 347 g/mol. The third-order valence-corrected chi connectivity index (χ3v) is 5.63. The van der Waals surface area contributed by atoms with Gasteiger partial charge < -0.3 is 14.6 Å². The molecule has 9 heteroatoms. The summed E-state index contributed by atoms with van der Waals surface area (Å²) in [6.07, 6.45) is 0.547. The van der Waals surface area contributed by atoms with Crippen molar-refractivity contribution in [2.45, 2.75) is 23.8 Å². The minimum absolute atomic E-state index is 0.185. The van der Waals surface area contributed by atoms with Gasteiger partial charge in [0.05, 0.1) is 10.5 Å². The normalized spacial score (nSPS) is 22.2. The van der Waals surface area contributed by atoms with Crippen LogP contribution in [0.1, 0.15) is 13.3 Å². The Morgan fingerprint density at radius 1 is 1.48 bits per heavy atom. The van der Waals surface area contributed by atoms with Crippen LogP contribution < -0.4 is 4.74 Å². The van der Waals surface area contributed by atoms with E-state index in [2.05, 4.69) is 0 Å². The number of halogens is 1. The van der Waals surface area contributed by atoms with Gasteiger partial charge in [-0.15, -0.1) is 0 Å². The third kappa shape index (κ3) is 3.80. The molecule has 1 saturated heterocycles. The molecule has 7 nitrogen and oxygen atoms in total. The standard InChI is InChI=1S/C14H18FNO6S/c1-14(21-2)5-6-16(9-14)23(19,20)10-3-4-12(11(15)7-10)22-8-13(17)18/h3-4,7H,5-6,8-9H2,1-2H3,(H,17,18). The number of methoxy groups -OCH3 is 1. The lowest BCUT2D eigenvalue weighted by Gasteiger charge is -2.22. The van der Waals surface area contributed by atoms with E-state index in [1.54, 1.807) is 0 Å². The van der Waals surface area contributed by atoms with Crippen molar-refractivity contribution < 1.29 is 32.2 Å². The molecule has 1 unspecified atom stereocenters. The molecule has 0 radical (unpaired) electrons. The quantitative estimate of drug-likeness (QED) is 0.828. The van der Waals surface area contributed by atoms with Gasteiger partial charge in [-0.3, -0.25) is 0 Å². The van der Waals surface area contributed by atoms with E-state index in [0.717, 1.165) is 12.1 Å². The lowest BCUT2D eigenvalue weighted by atomic mass is 10.1. The number of carboxylic acids is 1. The molecule has 1 aliphatic heterocycles. The fraction of sp³-hybridized carbons (Fsp3) is 0.500. The number of rotatable bonds is 6. The molecule has 1 atom stereocenters. The number of aliphatic carboxylic acids is 1. The zero-order chi connectivity index (χ0) is 17.3. The van der Waals surface area contributed by atoms with Crippen molar-refractivity contribution in [2.75, 3.05) is 26.8 Å². The zero-order valence-corrected chi connectivity index (χ0v) is 13.6. The first-order valence-electron chi connectivity index (χ1n) is 6.87. The van der Waals surface area contributed by atoms with Crippen LogP contribution in [0.3, 0.4) is 0 Å². The molecular formula is C14H18FNO6S. The van der Waals surface area contributed by atoms with Gasteiger partial charge in [0, 0.05) is 20.2 Å². The number of hydrogen-bond donors (Lipinski definition) is 1. The minimum atomic E-state index is -3.85. The Labute approximate surface area is 133 Å². The predicted molar refractivity (Wildman–Crippen MR) is 78.3 cm³/mol. The Kier molecular flexibility index (Phi) is 4.92. The SMILES string of the molecule is COC1(C)CCN(S(=O)(=O)c2ccc(OCC(=O)O)c(F)c2)C1. The van der Waals surface area contributed by atoms with Crippen molar-refractivity contribution in [3.05, 3.63) is 24.0 Å². The fourth-order valence-corrected chi connectivity index (χ4v) is 3.88. The van der Waals surface area contributed by atoms with Crippen LogP contribution in [0.25, 0.3) is 0 Å². The van der Waals surface area contributed by atoms with Crippen LogP contribution >= 0.6 is 0 Å². The number of nitrogens with zero attached hydrogens (tertiary/aromatic N) is 1. The van der Waals surface area contributed by atoms with Crippen LogP contribution in [0.5, 0.6) is 5.75 Å². The second-order valence-corrected chi connectivity index (χ2v) is 7.46. The average Bonchev–Trinajstić information content (AvgIpc) is 2.90.